The third kappa shape index (κ3) is 11.0. The number of phenolic OH excluding ortho intramolecular Hbond substituents is 2. The van der Waals surface area contributed by atoms with Crippen molar-refractivity contribution < 1.29 is 29.4 Å². The van der Waals surface area contributed by atoms with Gasteiger partial charge in [-0.2, -0.15) is 0 Å². The number of benzene rings is 2. The lowest BCUT2D eigenvalue weighted by molar-refractivity contribution is -0.132. The molecule has 14 nitrogen and oxygen atoms in total. The van der Waals surface area contributed by atoms with Crippen LogP contribution < -0.4 is 44.2 Å². The van der Waals surface area contributed by atoms with Crippen LogP contribution in [-0.4, -0.2) is 84.2 Å². The van der Waals surface area contributed by atoms with Gasteiger partial charge < -0.3 is 54.4 Å². The Balaban J connectivity index is 1.80. The third-order valence-corrected chi connectivity index (χ3v) is 7.87. The Hall–Kier alpha value is -4.24. The van der Waals surface area contributed by atoms with Gasteiger partial charge in [-0.25, -0.2) is 0 Å². The van der Waals surface area contributed by atoms with Crippen molar-refractivity contribution in [3.05, 3.63) is 47.5 Å². The molecule has 0 spiro atoms. The molecule has 252 valence electrons. The zero-order chi connectivity index (χ0) is 33.6. The summed E-state index contributed by atoms with van der Waals surface area (Å²) in [7, 11) is 0. The standard InChI is InChI=1S/C32H48N8O6/c33-10-3-5-25-32(46)40-26(31(45)38-12-2-1-4-23(35)18-29(43)37-13-11-34)17-22-15-20(7-9-28(22)42)19-6-8-27(41)21(14-19)16-24(36)30(44)39-25/h6-9,14-15,23-26,41-42H,1-5,10-13,16-18,33-36H2,(H,37,43)(H,38,45)(H,39,44)(H,40,46)/t23-,24?,25-,26-/m0/s1. The van der Waals surface area contributed by atoms with Gasteiger partial charge in [-0.1, -0.05) is 18.6 Å². The molecule has 3 rings (SSSR count). The number of hydrogen-bond acceptors (Lipinski definition) is 10. The molecule has 14 heteroatoms. The summed E-state index contributed by atoms with van der Waals surface area (Å²) < 4.78 is 0. The lowest BCUT2D eigenvalue weighted by Crippen LogP contribution is -2.56. The van der Waals surface area contributed by atoms with Crippen molar-refractivity contribution in [1.29, 1.82) is 0 Å². The largest absolute Gasteiger partial charge is 0.508 e. The van der Waals surface area contributed by atoms with E-state index in [1.54, 1.807) is 24.3 Å². The van der Waals surface area contributed by atoms with Crippen molar-refractivity contribution in [3.8, 4) is 22.6 Å². The average Bonchev–Trinajstić information content (AvgIpc) is 3.02. The van der Waals surface area contributed by atoms with Gasteiger partial charge in [-0.05, 0) is 78.7 Å². The molecule has 1 heterocycles. The summed E-state index contributed by atoms with van der Waals surface area (Å²) in [5, 5.41) is 32.2. The van der Waals surface area contributed by atoms with Crippen molar-refractivity contribution >= 4 is 23.6 Å². The number of rotatable bonds is 13. The molecule has 4 atom stereocenters. The van der Waals surface area contributed by atoms with Gasteiger partial charge in [0.25, 0.3) is 0 Å². The van der Waals surface area contributed by atoms with Crippen LogP contribution in [0.2, 0.25) is 0 Å². The van der Waals surface area contributed by atoms with Crippen LogP contribution in [0, 0.1) is 0 Å². The number of hydrogen-bond donors (Lipinski definition) is 10. The molecule has 1 aliphatic rings. The summed E-state index contributed by atoms with van der Waals surface area (Å²) in [6.45, 7) is 1.31. The van der Waals surface area contributed by atoms with E-state index < -0.39 is 35.8 Å². The SMILES string of the molecule is NCCC[C@@H]1NC(=O)C(N)Cc2cc(ccc2O)-c2ccc(O)c(c2)C[C@@H](C(=O)NCCCC[C@H](N)CC(=O)NCCN)NC1=O. The predicted molar refractivity (Wildman–Crippen MR) is 174 cm³/mol. The molecule has 2 aromatic rings. The van der Waals surface area contributed by atoms with E-state index in [0.717, 1.165) is 0 Å². The zero-order valence-corrected chi connectivity index (χ0v) is 26.1. The molecule has 2 aromatic carbocycles. The second-order valence-electron chi connectivity index (χ2n) is 11.6. The van der Waals surface area contributed by atoms with Crippen LogP contribution in [0.25, 0.3) is 11.1 Å². The molecular weight excluding hydrogens is 592 g/mol. The van der Waals surface area contributed by atoms with E-state index in [1.807, 2.05) is 0 Å². The van der Waals surface area contributed by atoms with Gasteiger partial charge in [0.2, 0.25) is 23.6 Å². The molecular formula is C32H48N8O6. The highest BCUT2D eigenvalue weighted by Gasteiger charge is 2.29. The van der Waals surface area contributed by atoms with Crippen molar-refractivity contribution in [2.24, 2.45) is 22.9 Å². The van der Waals surface area contributed by atoms with Crippen LogP contribution in [0.1, 0.15) is 49.7 Å². The van der Waals surface area contributed by atoms with Crippen LogP contribution in [0.3, 0.4) is 0 Å². The Labute approximate surface area is 269 Å². The number of nitrogens with one attached hydrogen (secondary N) is 4. The van der Waals surface area contributed by atoms with Crippen molar-refractivity contribution in [3.63, 3.8) is 0 Å². The maximum atomic E-state index is 13.5. The monoisotopic (exact) mass is 640 g/mol. The minimum absolute atomic E-state index is 0.0130. The highest BCUT2D eigenvalue weighted by atomic mass is 16.3. The summed E-state index contributed by atoms with van der Waals surface area (Å²) in [5.41, 5.74) is 25.6. The van der Waals surface area contributed by atoms with Crippen molar-refractivity contribution in [1.82, 2.24) is 21.3 Å². The molecule has 0 saturated heterocycles. The van der Waals surface area contributed by atoms with Gasteiger partial charge in [0.05, 0.1) is 6.04 Å². The van der Waals surface area contributed by atoms with E-state index in [1.165, 1.54) is 12.1 Å². The van der Waals surface area contributed by atoms with E-state index in [0.29, 0.717) is 67.6 Å². The molecule has 0 fully saturated rings. The normalized spacial score (nSPS) is 19.2. The quantitative estimate of drug-likeness (QED) is 0.119. The van der Waals surface area contributed by atoms with Gasteiger partial charge in [0, 0.05) is 44.9 Å². The summed E-state index contributed by atoms with van der Waals surface area (Å²) >= 11 is 0. The number of amides is 4. The molecule has 0 saturated carbocycles. The van der Waals surface area contributed by atoms with Gasteiger partial charge in [-0.3, -0.25) is 19.2 Å². The Morgan fingerprint density at radius 1 is 0.848 bits per heavy atom. The second-order valence-corrected chi connectivity index (χ2v) is 11.6. The molecule has 0 aliphatic carbocycles. The van der Waals surface area contributed by atoms with Crippen LogP contribution in [0.5, 0.6) is 11.5 Å². The van der Waals surface area contributed by atoms with Gasteiger partial charge >= 0.3 is 0 Å². The Morgan fingerprint density at radius 2 is 1.50 bits per heavy atom. The van der Waals surface area contributed by atoms with E-state index in [4.69, 9.17) is 22.9 Å². The molecule has 14 N–H and O–H groups in total. The fourth-order valence-electron chi connectivity index (χ4n) is 5.25. The van der Waals surface area contributed by atoms with E-state index in [-0.39, 0.29) is 55.7 Å². The molecule has 46 heavy (non-hydrogen) atoms. The first kappa shape index (κ1) is 36.2. The third-order valence-electron chi connectivity index (χ3n) is 7.87. The number of carbonyl (C=O) groups is 4. The summed E-state index contributed by atoms with van der Waals surface area (Å²) in [6, 6.07) is 6.34. The molecule has 0 radical (unpaired) electrons. The van der Waals surface area contributed by atoms with Crippen LogP contribution in [0.15, 0.2) is 36.4 Å². The number of unbranched alkanes of at least 4 members (excludes halogenated alkanes) is 1. The summed E-state index contributed by atoms with van der Waals surface area (Å²) in [6.07, 6.45) is 2.61. The first-order valence-corrected chi connectivity index (χ1v) is 15.7. The highest BCUT2D eigenvalue weighted by molar-refractivity contribution is 5.93. The highest BCUT2D eigenvalue weighted by Crippen LogP contribution is 2.31. The fraction of sp³-hybridized carbons (Fsp3) is 0.500. The van der Waals surface area contributed by atoms with Crippen molar-refractivity contribution in [2.75, 3.05) is 26.2 Å². The number of fused-ring (bicyclic) bond motifs is 5. The minimum atomic E-state index is -1.09. The number of aromatic hydroxyl groups is 2. The van der Waals surface area contributed by atoms with Gasteiger partial charge in [-0.15, -0.1) is 0 Å². The van der Waals surface area contributed by atoms with E-state index >= 15 is 0 Å². The topological polar surface area (TPSA) is 261 Å². The zero-order valence-electron chi connectivity index (χ0n) is 26.1. The smallest absolute Gasteiger partial charge is 0.243 e. The molecule has 4 bridgehead atoms. The maximum Gasteiger partial charge on any atom is 0.243 e. The van der Waals surface area contributed by atoms with Crippen LogP contribution >= 0.6 is 0 Å². The maximum absolute atomic E-state index is 13.5. The van der Waals surface area contributed by atoms with Gasteiger partial charge in [0.1, 0.15) is 23.6 Å². The Bertz CT molecular complexity index is 1360. The lowest BCUT2D eigenvalue weighted by atomic mass is 9.95. The molecule has 4 amide bonds. The molecule has 0 aromatic heterocycles. The minimum Gasteiger partial charge on any atom is -0.508 e. The van der Waals surface area contributed by atoms with Crippen LogP contribution in [0.4, 0.5) is 0 Å². The second kappa shape index (κ2) is 18.0. The predicted octanol–water partition coefficient (Wildman–Crippen LogP) is -1.02. The van der Waals surface area contributed by atoms with Crippen LogP contribution in [-0.2, 0) is 32.0 Å². The summed E-state index contributed by atoms with van der Waals surface area (Å²) in [5.74, 6) is -1.90. The summed E-state index contributed by atoms with van der Waals surface area (Å²) in [4.78, 5) is 51.9. The lowest BCUT2D eigenvalue weighted by Gasteiger charge is -2.24. The molecule has 1 aliphatic heterocycles. The Morgan fingerprint density at radius 3 is 2.13 bits per heavy atom. The first-order chi connectivity index (χ1) is 22.0. The fourth-order valence-corrected chi connectivity index (χ4v) is 5.25. The van der Waals surface area contributed by atoms with Crippen molar-refractivity contribution in [2.45, 2.75) is 75.5 Å². The number of carbonyl (C=O) groups excluding carboxylic acids is 4. The first-order valence-electron chi connectivity index (χ1n) is 15.7. The average molecular weight is 641 g/mol. The number of phenols is 2. The Kier molecular flexibility index (Phi) is 14.2. The van der Waals surface area contributed by atoms with E-state index in [9.17, 15) is 29.4 Å². The van der Waals surface area contributed by atoms with E-state index in [2.05, 4.69) is 21.3 Å². The molecule has 1 unspecified atom stereocenters. The van der Waals surface area contributed by atoms with Gasteiger partial charge in [0.15, 0.2) is 0 Å². The number of nitrogens with two attached hydrogens (primary N) is 4.